The molecule has 0 saturated heterocycles. The minimum atomic E-state index is -2.28. The lowest BCUT2D eigenvalue weighted by Crippen LogP contribution is -2.13. The van der Waals surface area contributed by atoms with Crippen molar-refractivity contribution in [3.8, 4) is 0 Å². The van der Waals surface area contributed by atoms with Crippen molar-refractivity contribution in [2.75, 3.05) is 6.26 Å². The molecule has 0 bridgehead atoms. The Morgan fingerprint density at radius 1 is 1.58 bits per heavy atom. The number of hydrogen-bond acceptors (Lipinski definition) is 3. The first-order valence-corrected chi connectivity index (χ1v) is 6.41. The van der Waals surface area contributed by atoms with Gasteiger partial charge in [-0.25, -0.2) is 4.21 Å². The first-order chi connectivity index (χ1) is 5.58. The van der Waals surface area contributed by atoms with Gasteiger partial charge in [-0.05, 0) is 10.9 Å². The van der Waals surface area contributed by atoms with Gasteiger partial charge in [0.25, 0.3) is 5.91 Å². The molecule has 1 aliphatic rings. The number of thiophene rings is 1. The van der Waals surface area contributed by atoms with Crippen LogP contribution in [-0.2, 0) is 15.5 Å². The van der Waals surface area contributed by atoms with Crippen LogP contribution in [0.5, 0.6) is 0 Å². The van der Waals surface area contributed by atoms with Crippen molar-refractivity contribution in [1.29, 1.82) is 0 Å². The summed E-state index contributed by atoms with van der Waals surface area (Å²) in [5.74, 6) is 0.0856. The van der Waals surface area contributed by atoms with Gasteiger partial charge in [0.05, 0.1) is 21.0 Å². The molecule has 64 valence electrons. The van der Waals surface area contributed by atoms with E-state index >= 15 is 0 Å². The summed E-state index contributed by atoms with van der Waals surface area (Å²) in [6.45, 7) is 0. The van der Waals surface area contributed by atoms with Crippen LogP contribution in [0.3, 0.4) is 0 Å². The topological polar surface area (TPSA) is 46.5 Å². The van der Waals surface area contributed by atoms with Crippen molar-refractivity contribution < 1.29 is 9.00 Å². The first-order valence-electron chi connectivity index (χ1n) is 3.38. The van der Waals surface area contributed by atoms with Crippen LogP contribution in [0.15, 0.2) is 15.1 Å². The standard InChI is InChI=1S/C7H7NO2S2/c1-12(10)4-5-2-11-3-6(5)7(9)8-12/h2-3H,4H2,1H3. The van der Waals surface area contributed by atoms with Crippen molar-refractivity contribution in [3.63, 3.8) is 0 Å². The van der Waals surface area contributed by atoms with Crippen LogP contribution in [0.4, 0.5) is 0 Å². The van der Waals surface area contributed by atoms with Crippen molar-refractivity contribution in [2.24, 2.45) is 4.36 Å². The Labute approximate surface area is 74.6 Å². The Balaban J connectivity index is 2.65. The molecule has 1 aromatic heterocycles. The third-order valence-electron chi connectivity index (χ3n) is 1.67. The number of carbonyl (C=O) groups excluding carboxylic acids is 1. The predicted molar refractivity (Wildman–Crippen MR) is 48.8 cm³/mol. The zero-order chi connectivity index (χ0) is 8.77. The Kier molecular flexibility index (Phi) is 1.59. The molecule has 2 rings (SSSR count). The van der Waals surface area contributed by atoms with Crippen LogP contribution in [0.1, 0.15) is 15.9 Å². The largest absolute Gasteiger partial charge is 0.286 e. The fourth-order valence-electron chi connectivity index (χ4n) is 1.17. The summed E-state index contributed by atoms with van der Waals surface area (Å²) in [5.41, 5.74) is 1.51. The number of carbonyl (C=O) groups is 1. The first kappa shape index (κ1) is 7.94. The maximum absolute atomic E-state index is 11.5. The van der Waals surface area contributed by atoms with Crippen LogP contribution in [0.25, 0.3) is 0 Å². The maximum Gasteiger partial charge on any atom is 0.286 e. The van der Waals surface area contributed by atoms with Gasteiger partial charge < -0.3 is 0 Å². The number of nitrogens with zero attached hydrogens (tertiary/aromatic N) is 1. The third kappa shape index (κ3) is 1.19. The lowest BCUT2D eigenvalue weighted by atomic mass is 10.2. The van der Waals surface area contributed by atoms with Gasteiger partial charge in [-0.1, -0.05) is 0 Å². The average molecular weight is 201 g/mol. The second-order valence-corrected chi connectivity index (χ2v) is 5.94. The fraction of sp³-hybridized carbons (Fsp3) is 0.286. The lowest BCUT2D eigenvalue weighted by Gasteiger charge is -2.08. The lowest BCUT2D eigenvalue weighted by molar-refractivity contribution is 0.100. The summed E-state index contributed by atoms with van der Waals surface area (Å²) in [6, 6.07) is 0. The average Bonchev–Trinajstić information content (AvgIpc) is 2.31. The number of amides is 1. The highest BCUT2D eigenvalue weighted by Crippen LogP contribution is 2.23. The Morgan fingerprint density at radius 2 is 2.33 bits per heavy atom. The molecule has 1 aromatic rings. The normalized spacial score (nSPS) is 27.9. The molecule has 1 aliphatic heterocycles. The van der Waals surface area contributed by atoms with Crippen LogP contribution >= 0.6 is 11.3 Å². The zero-order valence-electron chi connectivity index (χ0n) is 6.44. The van der Waals surface area contributed by atoms with E-state index in [1.54, 1.807) is 5.38 Å². The molecule has 5 heteroatoms. The smallest absolute Gasteiger partial charge is 0.266 e. The van der Waals surface area contributed by atoms with Crippen LogP contribution < -0.4 is 0 Å². The van der Waals surface area contributed by atoms with E-state index in [1.165, 1.54) is 17.6 Å². The van der Waals surface area contributed by atoms with E-state index in [2.05, 4.69) is 4.36 Å². The second-order valence-electron chi connectivity index (χ2n) is 2.81. The molecule has 0 aliphatic carbocycles. The highest BCUT2D eigenvalue weighted by molar-refractivity contribution is 7.92. The molecule has 0 fully saturated rings. The number of fused-ring (bicyclic) bond motifs is 1. The van der Waals surface area contributed by atoms with Gasteiger partial charge in [-0.15, -0.1) is 0 Å². The third-order valence-corrected chi connectivity index (χ3v) is 3.86. The molecule has 0 radical (unpaired) electrons. The van der Waals surface area contributed by atoms with Crippen molar-refractivity contribution >= 4 is 27.0 Å². The molecular weight excluding hydrogens is 194 g/mol. The van der Waals surface area contributed by atoms with Crippen molar-refractivity contribution in [1.82, 2.24) is 0 Å². The van der Waals surface area contributed by atoms with Gasteiger partial charge in [0.2, 0.25) is 0 Å². The minimum absolute atomic E-state index is 0.329. The van der Waals surface area contributed by atoms with E-state index < -0.39 is 9.73 Å². The molecule has 0 N–H and O–H groups in total. The zero-order valence-corrected chi connectivity index (χ0v) is 8.08. The molecule has 0 saturated carbocycles. The maximum atomic E-state index is 11.5. The van der Waals surface area contributed by atoms with E-state index in [4.69, 9.17) is 0 Å². The molecule has 12 heavy (non-hydrogen) atoms. The van der Waals surface area contributed by atoms with E-state index in [-0.39, 0.29) is 5.91 Å². The van der Waals surface area contributed by atoms with Gasteiger partial charge in [-0.3, -0.25) is 4.79 Å². The Bertz CT molecular complexity index is 452. The highest BCUT2D eigenvalue weighted by atomic mass is 32.2. The molecule has 3 nitrogen and oxygen atoms in total. The van der Waals surface area contributed by atoms with Crippen LogP contribution in [-0.4, -0.2) is 16.4 Å². The van der Waals surface area contributed by atoms with E-state index in [9.17, 15) is 9.00 Å². The summed E-state index contributed by atoms with van der Waals surface area (Å²) in [6.07, 6.45) is 1.52. The molecule has 2 heterocycles. The number of hydrogen-bond donors (Lipinski definition) is 0. The van der Waals surface area contributed by atoms with Crippen LogP contribution in [0, 0.1) is 0 Å². The second kappa shape index (κ2) is 2.40. The summed E-state index contributed by atoms with van der Waals surface area (Å²) in [7, 11) is -2.28. The SMILES string of the molecule is CS1(=O)=NC(=O)c2cscc2C1. The predicted octanol–water partition coefficient (Wildman–Crippen LogP) is 1.50. The van der Waals surface area contributed by atoms with Gasteiger partial charge in [0.1, 0.15) is 0 Å². The molecule has 1 atom stereocenters. The van der Waals surface area contributed by atoms with E-state index in [0.717, 1.165) is 5.56 Å². The van der Waals surface area contributed by atoms with Crippen molar-refractivity contribution in [2.45, 2.75) is 5.75 Å². The molecule has 0 aromatic carbocycles. The highest BCUT2D eigenvalue weighted by Gasteiger charge is 2.21. The van der Waals surface area contributed by atoms with E-state index in [1.807, 2.05) is 5.38 Å². The monoisotopic (exact) mass is 201 g/mol. The number of rotatable bonds is 0. The Morgan fingerprint density at radius 3 is 3.08 bits per heavy atom. The van der Waals surface area contributed by atoms with Crippen LogP contribution in [0.2, 0.25) is 0 Å². The molecule has 0 spiro atoms. The summed E-state index contributed by atoms with van der Waals surface area (Å²) in [5, 5.41) is 3.63. The van der Waals surface area contributed by atoms with E-state index in [0.29, 0.717) is 11.3 Å². The summed E-state index contributed by atoms with van der Waals surface area (Å²) >= 11 is 1.45. The molecule has 1 amide bonds. The van der Waals surface area contributed by atoms with Gasteiger partial charge in [0, 0.05) is 11.6 Å². The van der Waals surface area contributed by atoms with Gasteiger partial charge in [-0.2, -0.15) is 15.7 Å². The summed E-state index contributed by atoms with van der Waals surface area (Å²) in [4.78, 5) is 11.2. The summed E-state index contributed by atoms with van der Waals surface area (Å²) < 4.78 is 15.1. The quantitative estimate of drug-likeness (QED) is 0.638. The molecular formula is C7H7NO2S2. The minimum Gasteiger partial charge on any atom is -0.266 e. The molecule has 1 unspecified atom stereocenters. The van der Waals surface area contributed by atoms with Gasteiger partial charge >= 0.3 is 0 Å². The Hall–Kier alpha value is -0.680. The fourth-order valence-corrected chi connectivity index (χ4v) is 3.43. The van der Waals surface area contributed by atoms with Gasteiger partial charge in [0.15, 0.2) is 0 Å². The van der Waals surface area contributed by atoms with Crippen molar-refractivity contribution in [3.05, 3.63) is 21.9 Å².